The molecule has 0 saturated heterocycles. The van der Waals surface area contributed by atoms with Crippen LogP contribution >= 0.6 is 0 Å². The van der Waals surface area contributed by atoms with Gasteiger partial charge in [-0.3, -0.25) is 0 Å². The summed E-state index contributed by atoms with van der Waals surface area (Å²) in [6, 6.07) is 1.05. The molecule has 2 aliphatic carbocycles. The topological polar surface area (TPSA) is 53.1 Å². The van der Waals surface area contributed by atoms with Gasteiger partial charge in [0.1, 0.15) is 0 Å². The molecule has 15 heavy (non-hydrogen) atoms. The van der Waals surface area contributed by atoms with Crippen molar-refractivity contribution in [3.05, 3.63) is 18.2 Å². The number of hydrogen-bond donors (Lipinski definition) is 1. The van der Waals surface area contributed by atoms with Gasteiger partial charge in [0.2, 0.25) is 0 Å². The van der Waals surface area contributed by atoms with Crippen molar-refractivity contribution in [2.45, 2.75) is 50.5 Å². The number of aromatic nitrogens is 2. The lowest BCUT2D eigenvalue weighted by Gasteiger charge is -2.32. The van der Waals surface area contributed by atoms with Crippen LogP contribution in [0.1, 0.15) is 37.4 Å². The van der Waals surface area contributed by atoms with Gasteiger partial charge in [-0.05, 0) is 25.7 Å². The summed E-state index contributed by atoms with van der Waals surface area (Å²) in [6.07, 6.45) is 8.81. The van der Waals surface area contributed by atoms with Crippen LogP contribution in [0.5, 0.6) is 0 Å². The van der Waals surface area contributed by atoms with Crippen molar-refractivity contribution in [3.63, 3.8) is 0 Å². The van der Waals surface area contributed by atoms with Crippen molar-refractivity contribution in [1.82, 2.24) is 9.55 Å². The smallest absolute Gasteiger partial charge is 0.0951 e. The van der Waals surface area contributed by atoms with E-state index >= 15 is 0 Å². The highest BCUT2D eigenvalue weighted by Gasteiger charge is 2.28. The Hall–Kier alpha value is -0.870. The fraction of sp³-hybridized carbons (Fsp3) is 0.727. The molecular formula is C11H17N3O. The van der Waals surface area contributed by atoms with Gasteiger partial charge in [0.15, 0.2) is 0 Å². The Morgan fingerprint density at radius 1 is 1.47 bits per heavy atom. The third kappa shape index (κ3) is 1.92. The number of rotatable bonds is 4. The fourth-order valence-electron chi connectivity index (χ4n) is 2.07. The maximum Gasteiger partial charge on any atom is 0.0951 e. The Morgan fingerprint density at radius 3 is 2.93 bits per heavy atom. The monoisotopic (exact) mass is 207 g/mol. The molecule has 2 fully saturated rings. The standard InChI is InChI=1S/C11H17N3O/c12-8-3-11(4-8)15-6-10-5-13-7-14(10)9-1-2-9/h5,7-9,11H,1-4,6,12H2. The normalized spacial score (nSPS) is 30.2. The van der Waals surface area contributed by atoms with Crippen molar-refractivity contribution >= 4 is 0 Å². The van der Waals surface area contributed by atoms with Crippen LogP contribution < -0.4 is 5.73 Å². The van der Waals surface area contributed by atoms with Crippen molar-refractivity contribution in [2.24, 2.45) is 5.73 Å². The van der Waals surface area contributed by atoms with E-state index in [0.29, 0.717) is 24.8 Å². The molecular weight excluding hydrogens is 190 g/mol. The fourth-order valence-corrected chi connectivity index (χ4v) is 2.07. The number of nitrogens with two attached hydrogens (primary N) is 1. The summed E-state index contributed by atoms with van der Waals surface area (Å²) in [5, 5.41) is 0. The third-order valence-electron chi connectivity index (χ3n) is 3.28. The Balaban J connectivity index is 1.55. The molecule has 0 unspecified atom stereocenters. The van der Waals surface area contributed by atoms with Crippen molar-refractivity contribution < 1.29 is 4.74 Å². The van der Waals surface area contributed by atoms with E-state index in [1.54, 1.807) is 0 Å². The molecule has 2 saturated carbocycles. The van der Waals surface area contributed by atoms with Crippen LogP contribution in [0.2, 0.25) is 0 Å². The average molecular weight is 207 g/mol. The first kappa shape index (κ1) is 9.36. The molecule has 1 aromatic rings. The minimum atomic E-state index is 0.364. The Kier molecular flexibility index (Phi) is 2.25. The molecule has 3 rings (SSSR count). The van der Waals surface area contributed by atoms with E-state index in [4.69, 9.17) is 10.5 Å². The van der Waals surface area contributed by atoms with Crippen LogP contribution in [0, 0.1) is 0 Å². The predicted molar refractivity (Wildman–Crippen MR) is 56.3 cm³/mol. The quantitative estimate of drug-likeness (QED) is 0.807. The Bertz CT molecular complexity index is 339. The zero-order valence-electron chi connectivity index (χ0n) is 8.80. The zero-order chi connectivity index (χ0) is 10.3. The molecule has 0 aromatic carbocycles. The summed E-state index contributed by atoms with van der Waals surface area (Å²) < 4.78 is 8.02. The van der Waals surface area contributed by atoms with Crippen LogP contribution in [0.4, 0.5) is 0 Å². The number of ether oxygens (including phenoxy) is 1. The second-order valence-corrected chi connectivity index (χ2v) is 4.69. The molecule has 0 spiro atoms. The molecule has 2 N–H and O–H groups in total. The van der Waals surface area contributed by atoms with Gasteiger partial charge < -0.3 is 15.0 Å². The first-order valence-corrected chi connectivity index (χ1v) is 5.71. The van der Waals surface area contributed by atoms with Gasteiger partial charge in [-0.1, -0.05) is 0 Å². The molecule has 0 radical (unpaired) electrons. The summed E-state index contributed by atoms with van der Waals surface area (Å²) in [5.74, 6) is 0. The zero-order valence-corrected chi connectivity index (χ0v) is 8.80. The first-order chi connectivity index (χ1) is 7.33. The van der Waals surface area contributed by atoms with E-state index < -0.39 is 0 Å². The lowest BCUT2D eigenvalue weighted by Crippen LogP contribution is -2.41. The predicted octanol–water partition coefficient (Wildman–Crippen LogP) is 1.22. The van der Waals surface area contributed by atoms with Crippen LogP contribution in [0.15, 0.2) is 12.5 Å². The van der Waals surface area contributed by atoms with Crippen LogP contribution in [-0.2, 0) is 11.3 Å². The lowest BCUT2D eigenvalue weighted by atomic mass is 9.90. The van der Waals surface area contributed by atoms with E-state index in [9.17, 15) is 0 Å². The van der Waals surface area contributed by atoms with Crippen molar-refractivity contribution in [1.29, 1.82) is 0 Å². The first-order valence-electron chi connectivity index (χ1n) is 5.71. The minimum Gasteiger partial charge on any atom is -0.372 e. The maximum atomic E-state index is 5.77. The SMILES string of the molecule is NC1CC(OCc2cncn2C2CC2)C1. The Morgan fingerprint density at radius 2 is 2.27 bits per heavy atom. The van der Waals surface area contributed by atoms with Crippen LogP contribution in [0.25, 0.3) is 0 Å². The highest BCUT2D eigenvalue weighted by Crippen LogP contribution is 2.36. The van der Waals surface area contributed by atoms with Crippen LogP contribution in [-0.4, -0.2) is 21.7 Å². The van der Waals surface area contributed by atoms with Gasteiger partial charge in [0.25, 0.3) is 0 Å². The highest BCUT2D eigenvalue weighted by molar-refractivity contribution is 5.02. The maximum absolute atomic E-state index is 5.77. The Labute approximate surface area is 89.4 Å². The molecule has 1 heterocycles. The molecule has 0 amide bonds. The van der Waals surface area contributed by atoms with Gasteiger partial charge >= 0.3 is 0 Å². The minimum absolute atomic E-state index is 0.364. The van der Waals surface area contributed by atoms with E-state index in [2.05, 4.69) is 9.55 Å². The highest BCUT2D eigenvalue weighted by atomic mass is 16.5. The number of imidazole rings is 1. The van der Waals surface area contributed by atoms with Gasteiger partial charge in [0.05, 0.1) is 30.9 Å². The van der Waals surface area contributed by atoms with Gasteiger partial charge in [-0.2, -0.15) is 0 Å². The third-order valence-corrected chi connectivity index (χ3v) is 3.28. The van der Waals surface area contributed by atoms with Crippen molar-refractivity contribution in [3.8, 4) is 0 Å². The summed E-state index contributed by atoms with van der Waals surface area (Å²) >= 11 is 0. The van der Waals surface area contributed by atoms with Gasteiger partial charge in [-0.25, -0.2) is 4.98 Å². The van der Waals surface area contributed by atoms with E-state index in [0.717, 1.165) is 12.8 Å². The summed E-state index contributed by atoms with van der Waals surface area (Å²) in [7, 11) is 0. The lowest BCUT2D eigenvalue weighted by molar-refractivity contribution is -0.0212. The largest absolute Gasteiger partial charge is 0.372 e. The molecule has 82 valence electrons. The van der Waals surface area contributed by atoms with Gasteiger partial charge in [0, 0.05) is 12.1 Å². The average Bonchev–Trinajstić information content (AvgIpc) is 2.92. The number of nitrogens with zero attached hydrogens (tertiary/aromatic N) is 2. The van der Waals surface area contributed by atoms with E-state index in [1.807, 2.05) is 12.5 Å². The molecule has 0 bridgehead atoms. The molecule has 4 heteroatoms. The summed E-state index contributed by atoms with van der Waals surface area (Å²) in [5.41, 5.74) is 6.91. The molecule has 4 nitrogen and oxygen atoms in total. The molecule has 0 atom stereocenters. The molecule has 0 aliphatic heterocycles. The second kappa shape index (κ2) is 3.61. The second-order valence-electron chi connectivity index (χ2n) is 4.69. The molecule has 2 aliphatic rings. The summed E-state index contributed by atoms with van der Waals surface area (Å²) in [6.45, 7) is 0.688. The van der Waals surface area contributed by atoms with Crippen molar-refractivity contribution in [2.75, 3.05) is 0 Å². The van der Waals surface area contributed by atoms with Crippen LogP contribution in [0.3, 0.4) is 0 Å². The molecule has 1 aromatic heterocycles. The van der Waals surface area contributed by atoms with E-state index in [1.165, 1.54) is 18.5 Å². The van der Waals surface area contributed by atoms with E-state index in [-0.39, 0.29) is 0 Å². The summed E-state index contributed by atoms with van der Waals surface area (Å²) in [4.78, 5) is 4.18. The van der Waals surface area contributed by atoms with Gasteiger partial charge in [-0.15, -0.1) is 0 Å². The number of hydrogen-bond acceptors (Lipinski definition) is 3.